The van der Waals surface area contributed by atoms with Crippen molar-refractivity contribution < 1.29 is 8.42 Å². The third kappa shape index (κ3) is 4.61. The zero-order valence-electron chi connectivity index (χ0n) is 15.0. The van der Waals surface area contributed by atoms with Gasteiger partial charge in [-0.2, -0.15) is 0 Å². The molecule has 1 aromatic heterocycles. The number of aromatic amines is 1. The number of unbranched alkanes of at least 4 members (excludes halogenated alkanes) is 1. The Bertz CT molecular complexity index is 876. The smallest absolute Gasteiger partial charge is 0.150 e. The lowest BCUT2D eigenvalue weighted by molar-refractivity contribution is 0.592. The van der Waals surface area contributed by atoms with Gasteiger partial charge in [-0.25, -0.2) is 13.4 Å². The Morgan fingerprint density at radius 3 is 2.12 bits per heavy atom. The molecular weight excluding hydrogens is 344 g/mol. The van der Waals surface area contributed by atoms with E-state index in [2.05, 4.69) is 29.2 Å². The Morgan fingerprint density at radius 2 is 1.50 bits per heavy atom. The highest BCUT2D eigenvalue weighted by Crippen LogP contribution is 2.30. The molecule has 1 N–H and O–H groups in total. The SMILES string of the molecule is CCS(=O)(=O)CCCCc1nc(-c2ccccc2)c(-c2ccccc2)[nH]1. The summed E-state index contributed by atoms with van der Waals surface area (Å²) in [7, 11) is -2.89. The number of imidazole rings is 1. The molecule has 0 aliphatic heterocycles. The molecule has 4 nitrogen and oxygen atoms in total. The lowest BCUT2D eigenvalue weighted by atomic mass is 10.1. The first-order valence-electron chi connectivity index (χ1n) is 8.99. The van der Waals surface area contributed by atoms with E-state index in [1.807, 2.05) is 36.4 Å². The highest BCUT2D eigenvalue weighted by molar-refractivity contribution is 7.91. The van der Waals surface area contributed by atoms with E-state index in [9.17, 15) is 8.42 Å². The molecule has 0 aliphatic rings. The number of H-pyrrole nitrogens is 1. The second-order valence-corrected chi connectivity index (χ2v) is 8.81. The molecule has 0 aliphatic carbocycles. The molecule has 2 aromatic carbocycles. The van der Waals surface area contributed by atoms with Gasteiger partial charge in [-0.1, -0.05) is 67.6 Å². The molecule has 0 unspecified atom stereocenters. The molecule has 0 bridgehead atoms. The number of hydrogen-bond acceptors (Lipinski definition) is 3. The minimum absolute atomic E-state index is 0.212. The standard InChI is InChI=1S/C21H24N2O2S/c1-2-26(24,25)16-10-9-15-19-22-20(17-11-5-3-6-12-17)21(23-19)18-13-7-4-8-14-18/h3-8,11-14H,2,9-10,15-16H2,1H3,(H,22,23). The number of rotatable bonds is 8. The lowest BCUT2D eigenvalue weighted by Gasteiger charge is -2.02. The first kappa shape index (κ1) is 18.4. The van der Waals surface area contributed by atoms with E-state index in [4.69, 9.17) is 4.98 Å². The Hall–Kier alpha value is -2.40. The van der Waals surface area contributed by atoms with Crippen LogP contribution in [0.15, 0.2) is 60.7 Å². The van der Waals surface area contributed by atoms with Crippen molar-refractivity contribution in [1.82, 2.24) is 9.97 Å². The van der Waals surface area contributed by atoms with Gasteiger partial charge in [0.05, 0.1) is 17.1 Å². The summed E-state index contributed by atoms with van der Waals surface area (Å²) >= 11 is 0. The van der Waals surface area contributed by atoms with E-state index in [1.54, 1.807) is 6.92 Å². The molecule has 0 amide bonds. The van der Waals surface area contributed by atoms with Gasteiger partial charge in [0.1, 0.15) is 15.7 Å². The minimum atomic E-state index is -2.89. The van der Waals surface area contributed by atoms with Crippen LogP contribution < -0.4 is 0 Å². The predicted molar refractivity (Wildman–Crippen MR) is 107 cm³/mol. The summed E-state index contributed by atoms with van der Waals surface area (Å²) in [5.74, 6) is 1.36. The Labute approximate surface area is 155 Å². The molecule has 5 heteroatoms. The van der Waals surface area contributed by atoms with E-state index in [0.29, 0.717) is 6.42 Å². The lowest BCUT2D eigenvalue weighted by Crippen LogP contribution is -2.08. The quantitative estimate of drug-likeness (QED) is 0.595. The molecule has 3 aromatic rings. The number of benzene rings is 2. The molecule has 26 heavy (non-hydrogen) atoms. The zero-order valence-corrected chi connectivity index (χ0v) is 15.8. The van der Waals surface area contributed by atoms with E-state index < -0.39 is 9.84 Å². The van der Waals surface area contributed by atoms with Gasteiger partial charge in [-0.15, -0.1) is 0 Å². The highest BCUT2D eigenvalue weighted by atomic mass is 32.2. The average Bonchev–Trinajstić information content (AvgIpc) is 3.11. The monoisotopic (exact) mass is 368 g/mol. The first-order valence-corrected chi connectivity index (χ1v) is 10.8. The summed E-state index contributed by atoms with van der Waals surface area (Å²) in [5.41, 5.74) is 4.11. The van der Waals surface area contributed by atoms with Crippen LogP contribution in [0.5, 0.6) is 0 Å². The number of sulfone groups is 1. The second-order valence-electron chi connectivity index (χ2n) is 6.33. The van der Waals surface area contributed by atoms with Crippen molar-refractivity contribution in [3.63, 3.8) is 0 Å². The fraction of sp³-hybridized carbons (Fsp3) is 0.286. The van der Waals surface area contributed by atoms with Gasteiger partial charge in [0.25, 0.3) is 0 Å². The number of nitrogens with one attached hydrogen (secondary N) is 1. The van der Waals surface area contributed by atoms with Crippen molar-refractivity contribution >= 4 is 9.84 Å². The molecular formula is C21H24N2O2S. The van der Waals surface area contributed by atoms with Crippen molar-refractivity contribution in [3.05, 3.63) is 66.5 Å². The highest BCUT2D eigenvalue weighted by Gasteiger charge is 2.14. The van der Waals surface area contributed by atoms with Crippen LogP contribution in [0.4, 0.5) is 0 Å². The fourth-order valence-corrected chi connectivity index (χ4v) is 3.85. The average molecular weight is 369 g/mol. The van der Waals surface area contributed by atoms with Crippen LogP contribution in [0.25, 0.3) is 22.5 Å². The van der Waals surface area contributed by atoms with Crippen LogP contribution >= 0.6 is 0 Å². The van der Waals surface area contributed by atoms with Crippen LogP contribution in [0.3, 0.4) is 0 Å². The number of aromatic nitrogens is 2. The fourth-order valence-electron chi connectivity index (χ4n) is 2.92. The van der Waals surface area contributed by atoms with Gasteiger partial charge in [-0.3, -0.25) is 0 Å². The van der Waals surface area contributed by atoms with Crippen molar-refractivity contribution in [1.29, 1.82) is 0 Å². The molecule has 0 saturated carbocycles. The maximum absolute atomic E-state index is 11.6. The van der Waals surface area contributed by atoms with Crippen LogP contribution in [-0.4, -0.2) is 29.9 Å². The van der Waals surface area contributed by atoms with Crippen molar-refractivity contribution in [2.24, 2.45) is 0 Å². The maximum atomic E-state index is 11.6. The van der Waals surface area contributed by atoms with E-state index in [0.717, 1.165) is 41.2 Å². The molecule has 1 heterocycles. The van der Waals surface area contributed by atoms with Gasteiger partial charge >= 0.3 is 0 Å². The first-order chi connectivity index (χ1) is 12.6. The van der Waals surface area contributed by atoms with Crippen LogP contribution in [0.1, 0.15) is 25.6 Å². The van der Waals surface area contributed by atoms with Crippen LogP contribution in [0, 0.1) is 0 Å². The summed E-state index contributed by atoms with van der Waals surface area (Å²) in [5, 5.41) is 0. The molecule has 136 valence electrons. The summed E-state index contributed by atoms with van der Waals surface area (Å²) in [6, 6.07) is 20.3. The third-order valence-electron chi connectivity index (χ3n) is 4.42. The van der Waals surface area contributed by atoms with Gasteiger partial charge in [0.2, 0.25) is 0 Å². The molecule has 0 fully saturated rings. The Balaban J connectivity index is 1.81. The summed E-state index contributed by atoms with van der Waals surface area (Å²) in [6.07, 6.45) is 2.21. The maximum Gasteiger partial charge on any atom is 0.150 e. The van der Waals surface area contributed by atoms with Gasteiger partial charge in [0.15, 0.2) is 0 Å². The predicted octanol–water partition coefficient (Wildman–Crippen LogP) is 4.50. The van der Waals surface area contributed by atoms with Crippen LogP contribution in [0.2, 0.25) is 0 Å². The molecule has 0 saturated heterocycles. The Morgan fingerprint density at radius 1 is 0.885 bits per heavy atom. The van der Waals surface area contributed by atoms with Crippen LogP contribution in [-0.2, 0) is 16.3 Å². The second kappa shape index (κ2) is 8.32. The topological polar surface area (TPSA) is 62.8 Å². The molecule has 0 radical (unpaired) electrons. The molecule has 0 spiro atoms. The van der Waals surface area contributed by atoms with E-state index in [1.165, 1.54) is 0 Å². The van der Waals surface area contributed by atoms with Crippen molar-refractivity contribution in [2.45, 2.75) is 26.2 Å². The van der Waals surface area contributed by atoms with Gasteiger partial charge < -0.3 is 4.98 Å². The Kier molecular flexibility index (Phi) is 5.89. The van der Waals surface area contributed by atoms with Gasteiger partial charge in [-0.05, 0) is 12.8 Å². The molecule has 3 rings (SSSR count). The number of nitrogens with zero attached hydrogens (tertiary/aromatic N) is 1. The summed E-state index contributed by atoms with van der Waals surface area (Å²) in [6.45, 7) is 1.69. The van der Waals surface area contributed by atoms with Crippen molar-refractivity contribution in [3.8, 4) is 22.5 Å². The van der Waals surface area contributed by atoms with E-state index >= 15 is 0 Å². The third-order valence-corrected chi connectivity index (χ3v) is 6.21. The normalized spacial score (nSPS) is 11.6. The summed E-state index contributed by atoms with van der Waals surface area (Å²) < 4.78 is 23.2. The zero-order chi connectivity index (χ0) is 18.4. The molecule has 0 atom stereocenters. The van der Waals surface area contributed by atoms with E-state index in [-0.39, 0.29) is 11.5 Å². The van der Waals surface area contributed by atoms with Crippen molar-refractivity contribution in [2.75, 3.05) is 11.5 Å². The number of hydrogen-bond donors (Lipinski definition) is 1. The van der Waals surface area contributed by atoms with Gasteiger partial charge in [0, 0.05) is 23.3 Å². The largest absolute Gasteiger partial charge is 0.341 e. The minimum Gasteiger partial charge on any atom is -0.341 e. The summed E-state index contributed by atoms with van der Waals surface area (Å²) in [4.78, 5) is 8.25. The number of aryl methyl sites for hydroxylation is 1.